The normalized spacial score (nSPS) is 12.6. The van der Waals surface area contributed by atoms with E-state index in [4.69, 9.17) is 5.11 Å². The molecule has 1 aromatic rings. The average molecular weight is 187 g/mol. The van der Waals surface area contributed by atoms with Crippen molar-refractivity contribution in [1.82, 2.24) is 0 Å². The molecule has 0 amide bonds. The molecule has 0 fully saturated rings. The van der Waals surface area contributed by atoms with Crippen molar-refractivity contribution in [3.63, 3.8) is 0 Å². The van der Waals surface area contributed by atoms with Crippen molar-refractivity contribution >= 4 is 5.69 Å². The molecule has 0 aliphatic carbocycles. The first-order chi connectivity index (χ1) is 6.09. The van der Waals surface area contributed by atoms with Crippen molar-refractivity contribution in [2.75, 3.05) is 11.9 Å². The maximum absolute atomic E-state index is 12.9. The monoisotopic (exact) mass is 187 g/mol. The van der Waals surface area contributed by atoms with Crippen LogP contribution in [-0.4, -0.2) is 17.8 Å². The van der Waals surface area contributed by atoms with Gasteiger partial charge in [-0.05, 0) is 25.1 Å². The molecule has 13 heavy (non-hydrogen) atoms. The Labute approximate surface area is 75.2 Å². The molecule has 0 bridgehead atoms. The number of hydrogen-bond donors (Lipinski definition) is 2. The summed E-state index contributed by atoms with van der Waals surface area (Å²) in [6.45, 7) is 1.75. The molecule has 1 atom stereocenters. The van der Waals surface area contributed by atoms with Gasteiger partial charge in [-0.15, -0.1) is 0 Å². The first kappa shape index (κ1) is 9.92. The number of halogens is 2. The predicted octanol–water partition coefficient (Wildman–Crippen LogP) is 1.76. The highest BCUT2D eigenvalue weighted by molar-refractivity contribution is 5.44. The molecule has 2 N–H and O–H groups in total. The van der Waals surface area contributed by atoms with Gasteiger partial charge in [0.1, 0.15) is 11.6 Å². The summed E-state index contributed by atoms with van der Waals surface area (Å²) in [6.07, 6.45) is -0.595. The van der Waals surface area contributed by atoms with Crippen LogP contribution in [0.15, 0.2) is 18.2 Å². The minimum absolute atomic E-state index is 0.0703. The number of nitrogens with one attached hydrogen (secondary N) is 1. The van der Waals surface area contributed by atoms with Gasteiger partial charge in [0.05, 0.1) is 11.8 Å². The Morgan fingerprint density at radius 3 is 2.77 bits per heavy atom. The molecule has 1 rings (SSSR count). The highest BCUT2D eigenvalue weighted by Gasteiger charge is 2.03. The Kier molecular flexibility index (Phi) is 3.19. The van der Waals surface area contributed by atoms with Crippen LogP contribution >= 0.6 is 0 Å². The lowest BCUT2D eigenvalue weighted by molar-refractivity contribution is 0.208. The Morgan fingerprint density at radius 2 is 2.15 bits per heavy atom. The summed E-state index contributed by atoms with van der Waals surface area (Å²) in [4.78, 5) is 0. The third-order valence-electron chi connectivity index (χ3n) is 1.52. The summed E-state index contributed by atoms with van der Waals surface area (Å²) in [7, 11) is 0. The smallest absolute Gasteiger partial charge is 0.146 e. The fourth-order valence-corrected chi connectivity index (χ4v) is 0.891. The van der Waals surface area contributed by atoms with Gasteiger partial charge < -0.3 is 10.4 Å². The molecule has 0 aliphatic rings. The Bertz CT molecular complexity index is 289. The van der Waals surface area contributed by atoms with Crippen LogP contribution in [0, 0.1) is 11.6 Å². The van der Waals surface area contributed by atoms with Crippen molar-refractivity contribution in [2.45, 2.75) is 13.0 Å². The number of rotatable bonds is 3. The van der Waals surface area contributed by atoms with Gasteiger partial charge in [0.2, 0.25) is 0 Å². The van der Waals surface area contributed by atoms with E-state index in [0.717, 1.165) is 18.2 Å². The van der Waals surface area contributed by atoms with E-state index in [1.165, 1.54) is 0 Å². The number of aliphatic hydroxyl groups excluding tert-OH is 1. The molecule has 1 aromatic carbocycles. The van der Waals surface area contributed by atoms with Crippen molar-refractivity contribution in [1.29, 1.82) is 0 Å². The molecule has 0 saturated carbocycles. The Hall–Kier alpha value is -1.16. The predicted molar refractivity (Wildman–Crippen MR) is 46.5 cm³/mol. The van der Waals surface area contributed by atoms with E-state index in [1.807, 2.05) is 0 Å². The van der Waals surface area contributed by atoms with Gasteiger partial charge in [-0.3, -0.25) is 0 Å². The molecular formula is C9H11F2NO. The zero-order valence-electron chi connectivity index (χ0n) is 7.22. The second kappa shape index (κ2) is 4.18. The summed E-state index contributed by atoms with van der Waals surface area (Å²) in [6, 6.07) is 3.14. The van der Waals surface area contributed by atoms with Gasteiger partial charge in [-0.2, -0.15) is 0 Å². The SMILES string of the molecule is CC(O)CNc1cc(F)ccc1F. The van der Waals surface area contributed by atoms with Gasteiger partial charge in [0.25, 0.3) is 0 Å². The van der Waals surface area contributed by atoms with Crippen molar-refractivity contribution in [3.05, 3.63) is 29.8 Å². The van der Waals surface area contributed by atoms with Crippen LogP contribution in [0.2, 0.25) is 0 Å². The molecule has 72 valence electrons. The molecule has 1 unspecified atom stereocenters. The lowest BCUT2D eigenvalue weighted by Crippen LogP contribution is -2.16. The third-order valence-corrected chi connectivity index (χ3v) is 1.52. The van der Waals surface area contributed by atoms with Gasteiger partial charge in [-0.1, -0.05) is 0 Å². The van der Waals surface area contributed by atoms with Crippen LogP contribution in [0.5, 0.6) is 0 Å². The molecular weight excluding hydrogens is 176 g/mol. The van der Waals surface area contributed by atoms with Gasteiger partial charge in [-0.25, -0.2) is 8.78 Å². The van der Waals surface area contributed by atoms with E-state index in [-0.39, 0.29) is 12.2 Å². The second-order valence-electron chi connectivity index (χ2n) is 2.85. The summed E-state index contributed by atoms with van der Waals surface area (Å²) in [5.41, 5.74) is 0.0703. The standard InChI is InChI=1S/C9H11F2NO/c1-6(13)5-12-9-4-7(10)2-3-8(9)11/h2-4,6,12-13H,5H2,1H3. The minimum atomic E-state index is -0.595. The Morgan fingerprint density at radius 1 is 1.46 bits per heavy atom. The molecule has 4 heteroatoms. The summed E-state index contributed by atoms with van der Waals surface area (Å²) in [5.74, 6) is -1.03. The number of hydrogen-bond acceptors (Lipinski definition) is 2. The fraction of sp³-hybridized carbons (Fsp3) is 0.333. The van der Waals surface area contributed by atoms with E-state index in [9.17, 15) is 8.78 Å². The highest BCUT2D eigenvalue weighted by atomic mass is 19.1. The fourth-order valence-electron chi connectivity index (χ4n) is 0.891. The summed E-state index contributed by atoms with van der Waals surface area (Å²) < 4.78 is 25.5. The molecule has 0 aliphatic heterocycles. The molecule has 0 heterocycles. The zero-order chi connectivity index (χ0) is 9.84. The highest BCUT2D eigenvalue weighted by Crippen LogP contribution is 2.14. The summed E-state index contributed by atoms with van der Waals surface area (Å²) in [5, 5.41) is 11.5. The number of anilines is 1. The van der Waals surface area contributed by atoms with Gasteiger partial charge in [0, 0.05) is 6.54 Å². The van der Waals surface area contributed by atoms with Crippen LogP contribution < -0.4 is 5.32 Å². The van der Waals surface area contributed by atoms with Crippen molar-refractivity contribution < 1.29 is 13.9 Å². The largest absolute Gasteiger partial charge is 0.392 e. The molecule has 0 spiro atoms. The maximum Gasteiger partial charge on any atom is 0.146 e. The third kappa shape index (κ3) is 2.99. The van der Waals surface area contributed by atoms with E-state index in [2.05, 4.69) is 5.32 Å². The first-order valence-corrected chi connectivity index (χ1v) is 3.96. The second-order valence-corrected chi connectivity index (χ2v) is 2.85. The quantitative estimate of drug-likeness (QED) is 0.755. The summed E-state index contributed by atoms with van der Waals surface area (Å²) >= 11 is 0. The molecule has 0 aromatic heterocycles. The molecule has 2 nitrogen and oxygen atoms in total. The van der Waals surface area contributed by atoms with Gasteiger partial charge >= 0.3 is 0 Å². The Balaban J connectivity index is 2.70. The van der Waals surface area contributed by atoms with Crippen LogP contribution in [0.4, 0.5) is 14.5 Å². The first-order valence-electron chi connectivity index (χ1n) is 3.96. The van der Waals surface area contributed by atoms with E-state index in [0.29, 0.717) is 0 Å². The lowest BCUT2D eigenvalue weighted by atomic mass is 10.3. The number of aliphatic hydroxyl groups is 1. The van der Waals surface area contributed by atoms with Crippen LogP contribution in [0.3, 0.4) is 0 Å². The number of benzene rings is 1. The van der Waals surface area contributed by atoms with E-state index in [1.54, 1.807) is 6.92 Å². The van der Waals surface area contributed by atoms with Crippen LogP contribution in [0.1, 0.15) is 6.92 Å². The van der Waals surface area contributed by atoms with Crippen molar-refractivity contribution in [2.24, 2.45) is 0 Å². The zero-order valence-corrected chi connectivity index (χ0v) is 7.22. The molecule has 0 radical (unpaired) electrons. The topological polar surface area (TPSA) is 32.3 Å². The maximum atomic E-state index is 12.9. The average Bonchev–Trinajstić information content (AvgIpc) is 2.06. The molecule has 0 saturated heterocycles. The van der Waals surface area contributed by atoms with E-state index >= 15 is 0 Å². The van der Waals surface area contributed by atoms with Crippen LogP contribution in [0.25, 0.3) is 0 Å². The van der Waals surface area contributed by atoms with Gasteiger partial charge in [0.15, 0.2) is 0 Å². The van der Waals surface area contributed by atoms with E-state index < -0.39 is 17.7 Å². The lowest BCUT2D eigenvalue weighted by Gasteiger charge is -2.08. The van der Waals surface area contributed by atoms with Crippen LogP contribution in [-0.2, 0) is 0 Å². The van der Waals surface area contributed by atoms with Crippen molar-refractivity contribution in [3.8, 4) is 0 Å². The minimum Gasteiger partial charge on any atom is -0.392 e.